The summed E-state index contributed by atoms with van der Waals surface area (Å²) in [6, 6.07) is 10.3. The molecule has 2 saturated carbocycles. The van der Waals surface area contributed by atoms with Crippen molar-refractivity contribution in [3.05, 3.63) is 34.3 Å². The Morgan fingerprint density at radius 2 is 1.90 bits per heavy atom. The lowest BCUT2D eigenvalue weighted by Gasteiger charge is -2.42. The molecule has 2 heteroatoms. The highest BCUT2D eigenvalue weighted by molar-refractivity contribution is 9.10. The summed E-state index contributed by atoms with van der Waals surface area (Å²) >= 11 is 3.69. The predicted octanol–water partition coefficient (Wildman–Crippen LogP) is 5.25. The van der Waals surface area contributed by atoms with Crippen LogP contribution in [-0.2, 0) is 0 Å². The molecule has 0 amide bonds. The lowest BCUT2D eigenvalue weighted by atomic mass is 9.74. The van der Waals surface area contributed by atoms with Gasteiger partial charge in [0.05, 0.1) is 0 Å². The molecule has 110 valence electrons. The van der Waals surface area contributed by atoms with Crippen LogP contribution in [-0.4, -0.2) is 12.1 Å². The summed E-state index contributed by atoms with van der Waals surface area (Å²) in [5.41, 5.74) is 1.50. The second kappa shape index (κ2) is 6.62. The topological polar surface area (TPSA) is 12.0 Å². The van der Waals surface area contributed by atoms with E-state index in [2.05, 4.69) is 52.4 Å². The van der Waals surface area contributed by atoms with Gasteiger partial charge in [0.1, 0.15) is 0 Å². The molecule has 0 heterocycles. The van der Waals surface area contributed by atoms with Gasteiger partial charge in [0.25, 0.3) is 0 Å². The van der Waals surface area contributed by atoms with Crippen molar-refractivity contribution in [2.75, 3.05) is 0 Å². The second-order valence-corrected chi connectivity index (χ2v) is 7.47. The highest BCUT2D eigenvalue weighted by Crippen LogP contribution is 2.41. The molecule has 2 atom stereocenters. The van der Waals surface area contributed by atoms with E-state index in [1.165, 1.54) is 55.0 Å². The lowest BCUT2D eigenvalue weighted by Crippen LogP contribution is -2.49. The van der Waals surface area contributed by atoms with E-state index in [9.17, 15) is 0 Å². The Balaban J connectivity index is 1.52. The van der Waals surface area contributed by atoms with Gasteiger partial charge in [-0.25, -0.2) is 0 Å². The fraction of sp³-hybridized carbons (Fsp3) is 0.667. The first-order valence-electron chi connectivity index (χ1n) is 8.28. The zero-order valence-electron chi connectivity index (χ0n) is 12.4. The lowest BCUT2D eigenvalue weighted by molar-refractivity contribution is 0.188. The van der Waals surface area contributed by atoms with E-state index in [1.807, 2.05) is 0 Å². The minimum absolute atomic E-state index is 0.754. The van der Waals surface area contributed by atoms with Crippen LogP contribution in [0.3, 0.4) is 0 Å². The Morgan fingerprint density at radius 1 is 1.15 bits per heavy atom. The van der Waals surface area contributed by atoms with Crippen LogP contribution >= 0.6 is 15.9 Å². The highest BCUT2D eigenvalue weighted by Gasteiger charge is 2.34. The zero-order valence-corrected chi connectivity index (χ0v) is 14.0. The summed E-state index contributed by atoms with van der Waals surface area (Å²) in [6.45, 7) is 2.36. The first-order valence-corrected chi connectivity index (χ1v) is 9.07. The van der Waals surface area contributed by atoms with Gasteiger partial charge >= 0.3 is 0 Å². The number of halogens is 1. The molecule has 1 aromatic carbocycles. The first kappa shape index (κ1) is 14.6. The molecule has 1 aromatic rings. The average molecular weight is 336 g/mol. The third-order valence-electron chi connectivity index (χ3n) is 5.37. The Hall–Kier alpha value is -0.340. The van der Waals surface area contributed by atoms with Crippen molar-refractivity contribution in [1.29, 1.82) is 0 Å². The van der Waals surface area contributed by atoms with Crippen molar-refractivity contribution in [1.82, 2.24) is 5.32 Å². The van der Waals surface area contributed by atoms with Gasteiger partial charge in [0.2, 0.25) is 0 Å². The van der Waals surface area contributed by atoms with Crippen molar-refractivity contribution in [3.63, 3.8) is 0 Å². The molecule has 0 aromatic heterocycles. The van der Waals surface area contributed by atoms with E-state index in [4.69, 9.17) is 0 Å². The van der Waals surface area contributed by atoms with Gasteiger partial charge in [-0.05, 0) is 49.1 Å². The van der Waals surface area contributed by atoms with Crippen LogP contribution in [0, 0.1) is 5.92 Å². The standard InChI is InChI=1S/C18H26BrN/c1-2-13-7-3-6-10-18(13)20-15-11-14(12-15)16-8-4-5-9-17(16)19/h4-5,8-9,13-15,18,20H,2-3,6-7,10-12H2,1H3. The predicted molar refractivity (Wildman–Crippen MR) is 89.1 cm³/mol. The van der Waals surface area contributed by atoms with Gasteiger partial charge in [-0.1, -0.05) is 60.3 Å². The van der Waals surface area contributed by atoms with Gasteiger partial charge in [0.15, 0.2) is 0 Å². The molecule has 1 nitrogen and oxygen atoms in total. The number of benzene rings is 1. The Bertz CT molecular complexity index is 439. The third kappa shape index (κ3) is 3.12. The molecule has 1 N–H and O–H groups in total. The molecule has 0 aliphatic heterocycles. The number of rotatable bonds is 4. The van der Waals surface area contributed by atoms with E-state index in [0.29, 0.717) is 0 Å². The maximum atomic E-state index is 3.96. The van der Waals surface area contributed by atoms with Gasteiger partial charge in [-0.15, -0.1) is 0 Å². The fourth-order valence-electron chi connectivity index (χ4n) is 4.03. The van der Waals surface area contributed by atoms with Gasteiger partial charge in [-0.2, -0.15) is 0 Å². The van der Waals surface area contributed by atoms with Crippen LogP contribution < -0.4 is 5.32 Å². The van der Waals surface area contributed by atoms with E-state index >= 15 is 0 Å². The SMILES string of the molecule is CCC1CCCCC1NC1CC(c2ccccc2Br)C1. The summed E-state index contributed by atoms with van der Waals surface area (Å²) in [5, 5.41) is 3.96. The molecule has 20 heavy (non-hydrogen) atoms. The van der Waals surface area contributed by atoms with Crippen LogP contribution in [0.25, 0.3) is 0 Å². The quantitative estimate of drug-likeness (QED) is 0.791. The minimum Gasteiger partial charge on any atom is -0.311 e. The summed E-state index contributed by atoms with van der Waals surface area (Å²) < 4.78 is 1.28. The molecule has 0 saturated heterocycles. The molecule has 3 rings (SSSR count). The summed E-state index contributed by atoms with van der Waals surface area (Å²) in [7, 11) is 0. The van der Waals surface area contributed by atoms with Crippen LogP contribution in [0.5, 0.6) is 0 Å². The minimum atomic E-state index is 0.754. The van der Waals surface area contributed by atoms with E-state index in [1.54, 1.807) is 0 Å². The molecular weight excluding hydrogens is 310 g/mol. The molecule has 2 aliphatic rings. The fourth-order valence-corrected chi connectivity index (χ4v) is 4.64. The van der Waals surface area contributed by atoms with Crippen molar-refractivity contribution in [2.24, 2.45) is 5.92 Å². The molecule has 2 unspecified atom stereocenters. The molecule has 0 bridgehead atoms. The Morgan fingerprint density at radius 3 is 2.65 bits per heavy atom. The zero-order chi connectivity index (χ0) is 13.9. The van der Waals surface area contributed by atoms with Crippen molar-refractivity contribution in [2.45, 2.75) is 69.9 Å². The van der Waals surface area contributed by atoms with Crippen molar-refractivity contribution in [3.8, 4) is 0 Å². The van der Waals surface area contributed by atoms with Gasteiger partial charge in [0, 0.05) is 16.6 Å². The van der Waals surface area contributed by atoms with E-state index < -0.39 is 0 Å². The maximum absolute atomic E-state index is 3.96. The summed E-state index contributed by atoms with van der Waals surface area (Å²) in [5.74, 6) is 1.68. The maximum Gasteiger partial charge on any atom is 0.0210 e. The molecule has 0 spiro atoms. The second-order valence-electron chi connectivity index (χ2n) is 6.61. The van der Waals surface area contributed by atoms with Crippen LogP contribution in [0.15, 0.2) is 28.7 Å². The highest BCUT2D eigenvalue weighted by atomic mass is 79.9. The van der Waals surface area contributed by atoms with E-state index in [0.717, 1.165) is 23.9 Å². The smallest absolute Gasteiger partial charge is 0.0210 e. The normalized spacial score (nSPS) is 33.7. The van der Waals surface area contributed by atoms with Gasteiger partial charge < -0.3 is 5.32 Å². The average Bonchev–Trinajstić information content (AvgIpc) is 2.44. The number of hydrogen-bond donors (Lipinski definition) is 1. The van der Waals surface area contributed by atoms with Crippen molar-refractivity contribution >= 4 is 15.9 Å². The molecule has 2 fully saturated rings. The van der Waals surface area contributed by atoms with Gasteiger partial charge in [-0.3, -0.25) is 0 Å². The summed E-state index contributed by atoms with van der Waals surface area (Å²) in [6.07, 6.45) is 9.68. The summed E-state index contributed by atoms with van der Waals surface area (Å²) in [4.78, 5) is 0. The van der Waals surface area contributed by atoms with Crippen LogP contribution in [0.2, 0.25) is 0 Å². The van der Waals surface area contributed by atoms with Crippen molar-refractivity contribution < 1.29 is 0 Å². The first-order chi connectivity index (χ1) is 9.78. The largest absolute Gasteiger partial charge is 0.311 e. The number of nitrogens with one attached hydrogen (secondary N) is 1. The monoisotopic (exact) mass is 335 g/mol. The molecule has 2 aliphatic carbocycles. The molecular formula is C18H26BrN. The molecule has 0 radical (unpaired) electrons. The third-order valence-corrected chi connectivity index (χ3v) is 6.09. The Labute approximate surface area is 131 Å². The number of hydrogen-bond acceptors (Lipinski definition) is 1. The van der Waals surface area contributed by atoms with Crippen LogP contribution in [0.4, 0.5) is 0 Å². The van der Waals surface area contributed by atoms with E-state index in [-0.39, 0.29) is 0 Å². The Kier molecular flexibility index (Phi) is 4.83. The van der Waals surface area contributed by atoms with Crippen LogP contribution in [0.1, 0.15) is 63.4 Å².